The quantitative estimate of drug-likeness (QED) is 0.600. The highest BCUT2D eigenvalue weighted by molar-refractivity contribution is 7.91. The molecule has 1 aliphatic heterocycles. The molecule has 2 heterocycles. The standard InChI is InChI=1S/C24H26N2O3S2/c1-24(2,3)20-9-6-18(7-10-20)23(27)25-21-11-8-17-12-13-26(16-19(17)15-21)31(28,29)22-5-4-14-30-22/h4-11,14-15H,12-13,16H2,1-3H3,(H,25,27). The number of fused-ring (bicyclic) bond motifs is 1. The molecule has 0 aliphatic carbocycles. The number of sulfonamides is 1. The third-order valence-electron chi connectivity index (χ3n) is 5.54. The molecule has 1 aromatic heterocycles. The molecule has 31 heavy (non-hydrogen) atoms. The molecule has 0 unspecified atom stereocenters. The summed E-state index contributed by atoms with van der Waals surface area (Å²) in [4.78, 5) is 12.7. The Morgan fingerprint density at radius 2 is 1.77 bits per heavy atom. The summed E-state index contributed by atoms with van der Waals surface area (Å²) in [6.45, 7) is 7.17. The number of carbonyl (C=O) groups is 1. The van der Waals surface area contributed by atoms with Gasteiger partial charge < -0.3 is 5.32 Å². The largest absolute Gasteiger partial charge is 0.322 e. The number of anilines is 1. The Labute approximate surface area is 187 Å². The topological polar surface area (TPSA) is 66.5 Å². The molecular weight excluding hydrogens is 428 g/mol. The van der Waals surface area contributed by atoms with E-state index in [0.717, 1.165) is 11.1 Å². The van der Waals surface area contributed by atoms with Crippen LogP contribution in [-0.2, 0) is 28.4 Å². The van der Waals surface area contributed by atoms with Gasteiger partial charge in [-0.15, -0.1) is 11.3 Å². The first-order valence-electron chi connectivity index (χ1n) is 10.2. The first-order chi connectivity index (χ1) is 14.6. The van der Waals surface area contributed by atoms with Gasteiger partial charge in [0.25, 0.3) is 15.9 Å². The van der Waals surface area contributed by atoms with Crippen LogP contribution in [0.5, 0.6) is 0 Å². The van der Waals surface area contributed by atoms with Gasteiger partial charge in [0.2, 0.25) is 0 Å². The van der Waals surface area contributed by atoms with E-state index in [1.165, 1.54) is 21.2 Å². The van der Waals surface area contributed by atoms with E-state index in [9.17, 15) is 13.2 Å². The van der Waals surface area contributed by atoms with Crippen LogP contribution in [0.3, 0.4) is 0 Å². The third kappa shape index (κ3) is 4.59. The molecular formula is C24H26N2O3S2. The lowest BCUT2D eigenvalue weighted by atomic mass is 9.87. The van der Waals surface area contributed by atoms with Crippen LogP contribution in [0.15, 0.2) is 64.2 Å². The van der Waals surface area contributed by atoms with Gasteiger partial charge in [0.15, 0.2) is 0 Å². The highest BCUT2D eigenvalue weighted by Crippen LogP contribution is 2.29. The normalized spacial score (nSPS) is 14.8. The van der Waals surface area contributed by atoms with Gasteiger partial charge in [0, 0.05) is 24.3 Å². The lowest BCUT2D eigenvalue weighted by molar-refractivity contribution is 0.102. The molecule has 162 valence electrons. The number of rotatable bonds is 4. The zero-order chi connectivity index (χ0) is 22.2. The van der Waals surface area contributed by atoms with Gasteiger partial charge in [0.05, 0.1) is 0 Å². The zero-order valence-corrected chi connectivity index (χ0v) is 19.5. The Hall–Kier alpha value is -2.48. The summed E-state index contributed by atoms with van der Waals surface area (Å²) in [6.07, 6.45) is 0.655. The second kappa shape index (κ2) is 8.22. The molecule has 4 rings (SSSR count). The number of nitrogens with one attached hydrogen (secondary N) is 1. The fraction of sp³-hybridized carbons (Fsp3) is 0.292. The Morgan fingerprint density at radius 1 is 1.03 bits per heavy atom. The highest BCUT2D eigenvalue weighted by Gasteiger charge is 2.29. The molecule has 0 radical (unpaired) electrons. The number of carbonyl (C=O) groups excluding carboxylic acids is 1. The molecule has 7 heteroatoms. The SMILES string of the molecule is CC(C)(C)c1ccc(C(=O)Nc2ccc3c(c2)CN(S(=O)(=O)c2cccs2)CC3)cc1. The van der Waals surface area contributed by atoms with E-state index in [1.807, 2.05) is 42.5 Å². The Morgan fingerprint density at radius 3 is 2.42 bits per heavy atom. The van der Waals surface area contributed by atoms with Crippen molar-refractivity contribution in [2.75, 3.05) is 11.9 Å². The van der Waals surface area contributed by atoms with Gasteiger partial charge in [-0.1, -0.05) is 45.0 Å². The minimum atomic E-state index is -3.49. The number of thiophene rings is 1. The minimum absolute atomic E-state index is 0.0306. The fourth-order valence-electron chi connectivity index (χ4n) is 3.68. The summed E-state index contributed by atoms with van der Waals surface area (Å²) in [5.41, 5.74) is 4.50. The summed E-state index contributed by atoms with van der Waals surface area (Å²) in [5.74, 6) is -0.181. The molecule has 0 atom stereocenters. The highest BCUT2D eigenvalue weighted by atomic mass is 32.2. The number of amides is 1. The summed E-state index contributed by atoms with van der Waals surface area (Å²) >= 11 is 1.23. The molecule has 2 aromatic carbocycles. The maximum Gasteiger partial charge on any atom is 0.255 e. The molecule has 0 spiro atoms. The van der Waals surface area contributed by atoms with Gasteiger partial charge >= 0.3 is 0 Å². The van der Waals surface area contributed by atoms with E-state index < -0.39 is 10.0 Å². The van der Waals surface area contributed by atoms with Crippen LogP contribution in [0.1, 0.15) is 47.8 Å². The summed E-state index contributed by atoms with van der Waals surface area (Å²) in [7, 11) is -3.49. The number of hydrogen-bond donors (Lipinski definition) is 1. The lowest BCUT2D eigenvalue weighted by Gasteiger charge is -2.28. The predicted molar refractivity (Wildman–Crippen MR) is 125 cm³/mol. The number of hydrogen-bond acceptors (Lipinski definition) is 4. The molecule has 1 aliphatic rings. The monoisotopic (exact) mass is 454 g/mol. The van der Waals surface area contributed by atoms with Gasteiger partial charge in [0.1, 0.15) is 4.21 Å². The Kier molecular flexibility index (Phi) is 5.77. The van der Waals surface area contributed by atoms with Crippen molar-refractivity contribution in [3.8, 4) is 0 Å². The van der Waals surface area contributed by atoms with Crippen LogP contribution in [0.4, 0.5) is 5.69 Å². The molecule has 0 bridgehead atoms. The van der Waals surface area contributed by atoms with Crippen LogP contribution in [0.2, 0.25) is 0 Å². The predicted octanol–water partition coefficient (Wildman–Crippen LogP) is 5.04. The van der Waals surface area contributed by atoms with Crippen molar-refractivity contribution >= 4 is 33.0 Å². The molecule has 1 N–H and O–H groups in total. The lowest BCUT2D eigenvalue weighted by Crippen LogP contribution is -2.35. The average Bonchev–Trinajstić information content (AvgIpc) is 3.28. The van der Waals surface area contributed by atoms with Crippen LogP contribution < -0.4 is 5.32 Å². The molecule has 3 aromatic rings. The Balaban J connectivity index is 1.50. The van der Waals surface area contributed by atoms with Gasteiger partial charge in [-0.2, -0.15) is 4.31 Å². The first kappa shape index (κ1) is 21.7. The van der Waals surface area contributed by atoms with Gasteiger partial charge in [-0.25, -0.2) is 8.42 Å². The van der Waals surface area contributed by atoms with E-state index in [2.05, 4.69) is 26.1 Å². The van der Waals surface area contributed by atoms with E-state index in [4.69, 9.17) is 0 Å². The van der Waals surface area contributed by atoms with E-state index in [0.29, 0.717) is 35.0 Å². The van der Waals surface area contributed by atoms with Crippen molar-refractivity contribution in [2.24, 2.45) is 0 Å². The van der Waals surface area contributed by atoms with E-state index >= 15 is 0 Å². The van der Waals surface area contributed by atoms with E-state index in [1.54, 1.807) is 17.5 Å². The van der Waals surface area contributed by atoms with Crippen molar-refractivity contribution in [2.45, 2.75) is 43.4 Å². The molecule has 0 fully saturated rings. The van der Waals surface area contributed by atoms with Crippen molar-refractivity contribution in [1.82, 2.24) is 4.31 Å². The van der Waals surface area contributed by atoms with Crippen LogP contribution in [0, 0.1) is 0 Å². The smallest absolute Gasteiger partial charge is 0.255 e. The molecule has 5 nitrogen and oxygen atoms in total. The average molecular weight is 455 g/mol. The summed E-state index contributed by atoms with van der Waals surface area (Å²) in [5, 5.41) is 4.71. The van der Waals surface area contributed by atoms with Crippen LogP contribution >= 0.6 is 11.3 Å². The van der Waals surface area contributed by atoms with Crippen LogP contribution in [-0.4, -0.2) is 25.2 Å². The molecule has 1 amide bonds. The fourth-order valence-corrected chi connectivity index (χ4v) is 6.24. The van der Waals surface area contributed by atoms with E-state index in [-0.39, 0.29) is 11.3 Å². The summed E-state index contributed by atoms with van der Waals surface area (Å²) < 4.78 is 27.6. The van der Waals surface area contributed by atoms with Crippen molar-refractivity contribution in [3.63, 3.8) is 0 Å². The second-order valence-electron chi connectivity index (χ2n) is 8.79. The maximum absolute atomic E-state index is 12.9. The number of benzene rings is 2. The van der Waals surface area contributed by atoms with Crippen molar-refractivity contribution < 1.29 is 13.2 Å². The van der Waals surface area contributed by atoms with Crippen LogP contribution in [0.25, 0.3) is 0 Å². The minimum Gasteiger partial charge on any atom is -0.322 e. The number of nitrogens with zero attached hydrogens (tertiary/aromatic N) is 1. The zero-order valence-electron chi connectivity index (χ0n) is 17.9. The second-order valence-corrected chi connectivity index (χ2v) is 11.9. The summed E-state index contributed by atoms with van der Waals surface area (Å²) in [6, 6.07) is 16.8. The first-order valence-corrected chi connectivity index (χ1v) is 12.5. The van der Waals surface area contributed by atoms with Crippen molar-refractivity contribution in [3.05, 3.63) is 82.2 Å². The Bertz CT molecular complexity index is 1190. The molecule has 0 saturated heterocycles. The van der Waals surface area contributed by atoms with Gasteiger partial charge in [-0.3, -0.25) is 4.79 Å². The maximum atomic E-state index is 12.9. The van der Waals surface area contributed by atoms with Gasteiger partial charge in [-0.05, 0) is 64.2 Å². The van der Waals surface area contributed by atoms with Crippen molar-refractivity contribution in [1.29, 1.82) is 0 Å². The third-order valence-corrected chi connectivity index (χ3v) is 8.76. The molecule has 0 saturated carbocycles.